The number of rotatable bonds is 3. The molecule has 2 aliphatic rings. The van der Waals surface area contributed by atoms with E-state index < -0.39 is 0 Å². The second kappa shape index (κ2) is 14.5. The van der Waals surface area contributed by atoms with E-state index in [9.17, 15) is 0 Å². The fourth-order valence-electron chi connectivity index (χ4n) is 11.5. The SMILES string of the molecule is CC1C/C=C2\c3c(ccc4oc5cc6ccccc6cc5c34)-n3c4cc(ccc4c4cc5ccccc5cc43)CC2C(c2ccc(-c3ccccc3)cc2)/N=C\1c1ccc2ccccc2c1. The first-order chi connectivity index (χ1) is 32.6. The van der Waals surface area contributed by atoms with Gasteiger partial charge in [-0.25, -0.2) is 0 Å². The van der Waals surface area contributed by atoms with Crippen LogP contribution in [-0.4, -0.2) is 10.3 Å². The minimum absolute atomic E-state index is 0.0144. The Hall–Kier alpha value is -8.01. The van der Waals surface area contributed by atoms with Gasteiger partial charge in [-0.3, -0.25) is 4.99 Å². The highest BCUT2D eigenvalue weighted by Gasteiger charge is 2.35. The fraction of sp³-hybridized carbons (Fsp3) is 0.0952. The lowest BCUT2D eigenvalue weighted by Crippen LogP contribution is -2.23. The van der Waals surface area contributed by atoms with Crippen LogP contribution in [0.25, 0.3) is 98.4 Å². The molecule has 312 valence electrons. The van der Waals surface area contributed by atoms with Crippen molar-refractivity contribution in [2.75, 3.05) is 0 Å². The van der Waals surface area contributed by atoms with Gasteiger partial charge in [-0.15, -0.1) is 0 Å². The third-order valence-electron chi connectivity index (χ3n) is 14.8. The van der Waals surface area contributed by atoms with Gasteiger partial charge in [-0.2, -0.15) is 0 Å². The van der Waals surface area contributed by atoms with E-state index in [1.165, 1.54) is 104 Å². The fourth-order valence-corrected chi connectivity index (χ4v) is 11.5. The summed E-state index contributed by atoms with van der Waals surface area (Å²) in [6, 6.07) is 74.0. The highest BCUT2D eigenvalue weighted by atomic mass is 16.3. The topological polar surface area (TPSA) is 30.4 Å². The molecule has 0 radical (unpaired) electrons. The molecule has 14 rings (SSSR count). The van der Waals surface area contributed by atoms with Crippen LogP contribution in [-0.2, 0) is 6.42 Å². The van der Waals surface area contributed by atoms with E-state index in [2.05, 4.69) is 218 Å². The highest BCUT2D eigenvalue weighted by Crippen LogP contribution is 2.50. The van der Waals surface area contributed by atoms with Gasteiger partial charge in [0.25, 0.3) is 0 Å². The third-order valence-corrected chi connectivity index (χ3v) is 14.8. The Morgan fingerprint density at radius 3 is 1.91 bits per heavy atom. The molecule has 3 nitrogen and oxygen atoms in total. The van der Waals surface area contributed by atoms with Crippen LogP contribution in [0.15, 0.2) is 216 Å². The maximum Gasteiger partial charge on any atom is 0.136 e. The number of hydrogen-bond donors (Lipinski definition) is 0. The smallest absolute Gasteiger partial charge is 0.136 e. The predicted molar refractivity (Wildman–Crippen MR) is 277 cm³/mol. The number of nitrogens with zero attached hydrogens (tertiary/aromatic N) is 2. The van der Waals surface area contributed by atoms with Crippen molar-refractivity contribution in [2.24, 2.45) is 16.8 Å². The Kier molecular flexibility index (Phi) is 8.21. The lowest BCUT2D eigenvalue weighted by molar-refractivity contribution is 0.526. The van der Waals surface area contributed by atoms with Crippen molar-refractivity contribution in [2.45, 2.75) is 25.8 Å². The van der Waals surface area contributed by atoms with E-state index in [0.29, 0.717) is 0 Å². The van der Waals surface area contributed by atoms with Crippen LogP contribution < -0.4 is 0 Å². The van der Waals surface area contributed by atoms with Crippen LogP contribution in [0.3, 0.4) is 0 Å². The molecular formula is C63H44N2O. The lowest BCUT2D eigenvalue weighted by atomic mass is 9.76. The molecule has 12 aromatic rings. The average molecular weight is 845 g/mol. The number of fused-ring (bicyclic) bond motifs is 15. The molecule has 4 heterocycles. The first-order valence-electron chi connectivity index (χ1n) is 23.4. The molecule has 66 heavy (non-hydrogen) atoms. The molecule has 0 aliphatic carbocycles. The Bertz CT molecular complexity index is 4020. The molecule has 2 bridgehead atoms. The number of hydrogen-bond acceptors (Lipinski definition) is 2. The molecule has 10 aromatic carbocycles. The molecule has 0 saturated carbocycles. The molecule has 0 N–H and O–H groups in total. The number of aromatic nitrogens is 1. The summed E-state index contributed by atoms with van der Waals surface area (Å²) in [5.74, 6) is 0.136. The summed E-state index contributed by atoms with van der Waals surface area (Å²) in [7, 11) is 0. The first-order valence-corrected chi connectivity index (χ1v) is 23.4. The summed E-state index contributed by atoms with van der Waals surface area (Å²) in [4.78, 5) is 6.10. The van der Waals surface area contributed by atoms with Crippen LogP contribution in [0.2, 0.25) is 0 Å². The van der Waals surface area contributed by atoms with Crippen molar-refractivity contribution in [1.29, 1.82) is 0 Å². The van der Waals surface area contributed by atoms with Gasteiger partial charge in [-0.1, -0.05) is 165 Å². The Labute approximate surface area is 382 Å². The van der Waals surface area contributed by atoms with Gasteiger partial charge in [0.05, 0.1) is 22.8 Å². The van der Waals surface area contributed by atoms with Crippen LogP contribution in [0.1, 0.15) is 41.6 Å². The average Bonchev–Trinajstić information content (AvgIpc) is 3.89. The van der Waals surface area contributed by atoms with E-state index >= 15 is 0 Å². The zero-order valence-corrected chi connectivity index (χ0v) is 36.6. The van der Waals surface area contributed by atoms with Gasteiger partial charge in [0.1, 0.15) is 11.2 Å². The van der Waals surface area contributed by atoms with Gasteiger partial charge >= 0.3 is 0 Å². The zero-order valence-electron chi connectivity index (χ0n) is 36.6. The molecule has 3 heteroatoms. The van der Waals surface area contributed by atoms with E-state index in [4.69, 9.17) is 9.41 Å². The van der Waals surface area contributed by atoms with Crippen LogP contribution in [0, 0.1) is 11.8 Å². The van der Waals surface area contributed by atoms with Crippen molar-refractivity contribution in [3.63, 3.8) is 0 Å². The van der Waals surface area contributed by atoms with E-state index in [0.717, 1.165) is 35.1 Å². The zero-order chi connectivity index (χ0) is 43.5. The minimum atomic E-state index is -0.193. The summed E-state index contributed by atoms with van der Waals surface area (Å²) < 4.78 is 9.51. The Morgan fingerprint density at radius 1 is 0.500 bits per heavy atom. The summed E-state index contributed by atoms with van der Waals surface area (Å²) in [5, 5.41) is 12.2. The van der Waals surface area contributed by atoms with Crippen molar-refractivity contribution in [3.05, 3.63) is 229 Å². The number of aliphatic imine (C=N–C) groups is 1. The predicted octanol–water partition coefficient (Wildman–Crippen LogP) is 16.6. The molecular weight excluding hydrogens is 801 g/mol. The molecule has 0 fully saturated rings. The van der Waals surface area contributed by atoms with E-state index in [1.807, 2.05) is 0 Å². The normalized spacial score (nSPS) is 19.0. The monoisotopic (exact) mass is 844 g/mol. The van der Waals surface area contributed by atoms with E-state index in [1.54, 1.807) is 0 Å². The van der Waals surface area contributed by atoms with E-state index in [-0.39, 0.29) is 17.9 Å². The summed E-state index contributed by atoms with van der Waals surface area (Å²) in [5.41, 5.74) is 15.3. The maximum atomic E-state index is 6.95. The van der Waals surface area contributed by atoms with Gasteiger partial charge in [-0.05, 0) is 127 Å². The quantitative estimate of drug-likeness (QED) is 0.174. The standard InChI is InChI=1S/C63H44N2O/c1-38-19-27-51-53(63(43-24-21-42(22-25-43)40-11-3-2-4-12-40)64-62(38)49-26-23-41-13-5-6-14-44(41)33-49)31-39-20-28-50-52-34-45-15-7-9-17-47(45)36-57(52)65(56(50)32-39)55-29-30-58-61(60(51)55)54-35-46-16-8-10-18-48(46)37-59(54)66-58/h2-18,20-30,32-38,53,63H,19,31H2,1H3/b51-27-,64-62+. The Morgan fingerprint density at radius 2 is 1.14 bits per heavy atom. The third kappa shape index (κ3) is 5.79. The van der Waals surface area contributed by atoms with Crippen LogP contribution >= 0.6 is 0 Å². The molecule has 0 amide bonds. The van der Waals surface area contributed by atoms with Gasteiger partial charge in [0, 0.05) is 44.7 Å². The molecule has 3 unspecified atom stereocenters. The number of furan rings is 1. The largest absolute Gasteiger partial charge is 0.456 e. The molecule has 3 atom stereocenters. The molecule has 2 aromatic heterocycles. The van der Waals surface area contributed by atoms with Crippen molar-refractivity contribution >= 4 is 87.3 Å². The first kappa shape index (κ1) is 37.4. The second-order valence-electron chi connectivity index (χ2n) is 18.6. The Balaban J connectivity index is 1.08. The second-order valence-corrected chi connectivity index (χ2v) is 18.6. The van der Waals surface area contributed by atoms with Crippen LogP contribution in [0.5, 0.6) is 0 Å². The van der Waals surface area contributed by atoms with Crippen molar-refractivity contribution in [1.82, 2.24) is 4.57 Å². The molecule has 2 aliphatic heterocycles. The summed E-state index contributed by atoms with van der Waals surface area (Å²) in [6.45, 7) is 2.37. The molecule has 0 spiro atoms. The number of benzene rings is 10. The van der Waals surface area contributed by atoms with Crippen molar-refractivity contribution in [3.8, 4) is 16.8 Å². The highest BCUT2D eigenvalue weighted by molar-refractivity contribution is 6.18. The van der Waals surface area contributed by atoms with Gasteiger partial charge in [0.15, 0.2) is 0 Å². The van der Waals surface area contributed by atoms with Gasteiger partial charge < -0.3 is 8.98 Å². The minimum Gasteiger partial charge on any atom is -0.456 e. The van der Waals surface area contributed by atoms with Gasteiger partial charge in [0.2, 0.25) is 0 Å². The lowest BCUT2D eigenvalue weighted by Gasteiger charge is -2.33. The number of allylic oxidation sites excluding steroid dienone is 1. The van der Waals surface area contributed by atoms with Crippen LogP contribution in [0.4, 0.5) is 0 Å². The summed E-state index contributed by atoms with van der Waals surface area (Å²) >= 11 is 0. The van der Waals surface area contributed by atoms with Crippen molar-refractivity contribution < 1.29 is 4.42 Å². The summed E-state index contributed by atoms with van der Waals surface area (Å²) in [6.07, 6.45) is 4.25. The maximum absolute atomic E-state index is 6.95. The molecule has 0 saturated heterocycles.